The Balaban J connectivity index is 2.49. The highest BCUT2D eigenvalue weighted by atomic mass is 32.1. The molecule has 68 valence electrons. The lowest BCUT2D eigenvalue weighted by atomic mass is 10.3. The minimum atomic E-state index is 0.470. The lowest BCUT2D eigenvalue weighted by Gasteiger charge is -2.00. The minimum Gasteiger partial charge on any atom is -0.341 e. The van der Waals surface area contributed by atoms with Gasteiger partial charge in [0.25, 0.3) is 0 Å². The van der Waals surface area contributed by atoms with E-state index in [1.807, 2.05) is 6.07 Å². The van der Waals surface area contributed by atoms with Gasteiger partial charge < -0.3 is 5.32 Å². The van der Waals surface area contributed by atoms with Crippen LogP contribution in [0.25, 0.3) is 10.2 Å². The lowest BCUT2D eigenvalue weighted by Crippen LogP contribution is -2.80. The maximum absolute atomic E-state index is 4.57. The second-order valence-corrected chi connectivity index (χ2v) is 4.20. The molecule has 0 radical (unpaired) electrons. The van der Waals surface area contributed by atoms with Gasteiger partial charge >= 0.3 is 0 Å². The first-order valence-electron chi connectivity index (χ1n) is 4.46. The van der Waals surface area contributed by atoms with Crippen molar-refractivity contribution in [1.82, 2.24) is 4.98 Å². The molecule has 0 saturated carbocycles. The Kier molecular flexibility index (Phi) is 2.29. The molecule has 0 aliphatic rings. The number of fused-ring (bicyclic) bond motifs is 1. The molecule has 0 spiro atoms. The van der Waals surface area contributed by atoms with E-state index in [9.17, 15) is 0 Å². The zero-order chi connectivity index (χ0) is 9.26. The normalized spacial score (nSPS) is 13.4. The summed E-state index contributed by atoms with van der Waals surface area (Å²) in [5, 5.41) is 3.39. The van der Waals surface area contributed by atoms with Gasteiger partial charge in [-0.05, 0) is 19.1 Å². The molecular formula is C10H13N2S+. The van der Waals surface area contributed by atoms with Crippen molar-refractivity contribution in [3.8, 4) is 0 Å². The van der Waals surface area contributed by atoms with Gasteiger partial charge in [0, 0.05) is 0 Å². The highest BCUT2D eigenvalue weighted by Crippen LogP contribution is 2.24. The van der Waals surface area contributed by atoms with Crippen LogP contribution in [0.1, 0.15) is 18.0 Å². The largest absolute Gasteiger partial charge is 0.341 e. The van der Waals surface area contributed by atoms with Gasteiger partial charge in [0.2, 0.25) is 0 Å². The van der Waals surface area contributed by atoms with E-state index in [0.29, 0.717) is 6.04 Å². The van der Waals surface area contributed by atoms with Crippen LogP contribution in [0, 0.1) is 0 Å². The van der Waals surface area contributed by atoms with Crippen LogP contribution in [0.3, 0.4) is 0 Å². The molecule has 0 unspecified atom stereocenters. The molecule has 1 heterocycles. The highest BCUT2D eigenvalue weighted by molar-refractivity contribution is 7.18. The van der Waals surface area contributed by atoms with Crippen LogP contribution in [0.2, 0.25) is 0 Å². The number of para-hydroxylation sites is 1. The molecule has 2 aromatic rings. The molecule has 1 atom stereocenters. The molecule has 0 bridgehead atoms. The fraction of sp³-hybridized carbons (Fsp3) is 0.300. The summed E-state index contributed by atoms with van der Waals surface area (Å²) in [6, 6.07) is 8.75. The summed E-state index contributed by atoms with van der Waals surface area (Å²) < 4.78 is 1.28. The average molecular weight is 193 g/mol. The third-order valence-electron chi connectivity index (χ3n) is 2.20. The molecule has 1 aromatic heterocycles. The summed E-state index contributed by atoms with van der Waals surface area (Å²) in [5.41, 5.74) is 1.12. The molecule has 0 fully saturated rings. The van der Waals surface area contributed by atoms with E-state index in [1.54, 1.807) is 11.3 Å². The maximum Gasteiger partial charge on any atom is 0.151 e. The van der Waals surface area contributed by atoms with Crippen LogP contribution in [-0.2, 0) is 0 Å². The van der Waals surface area contributed by atoms with Crippen molar-refractivity contribution in [3.05, 3.63) is 29.3 Å². The molecule has 0 saturated heterocycles. The summed E-state index contributed by atoms with van der Waals surface area (Å²) in [4.78, 5) is 4.57. The van der Waals surface area contributed by atoms with Gasteiger partial charge in [0.1, 0.15) is 6.04 Å². The number of thiazole rings is 1. The molecule has 13 heavy (non-hydrogen) atoms. The first kappa shape index (κ1) is 8.66. The molecule has 3 heteroatoms. The number of nitrogens with zero attached hydrogens (tertiary/aromatic N) is 1. The average Bonchev–Trinajstić information content (AvgIpc) is 2.59. The number of rotatable bonds is 2. The van der Waals surface area contributed by atoms with E-state index in [2.05, 4.69) is 42.5 Å². The van der Waals surface area contributed by atoms with E-state index in [4.69, 9.17) is 0 Å². The molecule has 0 amide bonds. The molecule has 2 N–H and O–H groups in total. The van der Waals surface area contributed by atoms with Crippen molar-refractivity contribution in [2.45, 2.75) is 13.0 Å². The van der Waals surface area contributed by atoms with Gasteiger partial charge in [-0.3, -0.25) is 0 Å². The van der Waals surface area contributed by atoms with Crippen LogP contribution < -0.4 is 5.32 Å². The molecule has 0 aliphatic heterocycles. The first-order chi connectivity index (χ1) is 6.31. The molecular weight excluding hydrogens is 180 g/mol. The lowest BCUT2D eigenvalue weighted by molar-refractivity contribution is -0.666. The number of aromatic nitrogens is 1. The van der Waals surface area contributed by atoms with Gasteiger partial charge in [-0.1, -0.05) is 12.1 Å². The Morgan fingerprint density at radius 2 is 2.15 bits per heavy atom. The van der Waals surface area contributed by atoms with Gasteiger partial charge in [-0.15, -0.1) is 11.3 Å². The fourth-order valence-electron chi connectivity index (χ4n) is 1.23. The van der Waals surface area contributed by atoms with Crippen molar-refractivity contribution in [1.29, 1.82) is 0 Å². The quantitative estimate of drug-likeness (QED) is 0.770. The first-order valence-corrected chi connectivity index (χ1v) is 5.28. The number of benzene rings is 1. The Hall–Kier alpha value is -0.930. The Labute approximate surface area is 81.6 Å². The van der Waals surface area contributed by atoms with E-state index < -0.39 is 0 Å². The summed E-state index contributed by atoms with van der Waals surface area (Å²) in [6.07, 6.45) is 0. The van der Waals surface area contributed by atoms with Crippen LogP contribution in [0.15, 0.2) is 24.3 Å². The van der Waals surface area contributed by atoms with Gasteiger partial charge in [0.15, 0.2) is 5.01 Å². The number of quaternary nitrogens is 1. The molecule has 2 nitrogen and oxygen atoms in total. The minimum absolute atomic E-state index is 0.470. The van der Waals surface area contributed by atoms with Crippen LogP contribution in [0.5, 0.6) is 0 Å². The number of nitrogens with two attached hydrogens (primary N) is 1. The number of hydrogen-bond donors (Lipinski definition) is 1. The van der Waals surface area contributed by atoms with Crippen molar-refractivity contribution in [2.24, 2.45) is 0 Å². The predicted octanol–water partition coefficient (Wildman–Crippen LogP) is 1.55. The summed E-state index contributed by atoms with van der Waals surface area (Å²) >= 11 is 1.79. The van der Waals surface area contributed by atoms with Crippen molar-refractivity contribution >= 4 is 21.6 Å². The highest BCUT2D eigenvalue weighted by Gasteiger charge is 2.11. The summed E-state index contributed by atoms with van der Waals surface area (Å²) in [7, 11) is 2.08. The third kappa shape index (κ3) is 1.57. The van der Waals surface area contributed by atoms with E-state index in [0.717, 1.165) is 5.52 Å². The van der Waals surface area contributed by atoms with Gasteiger partial charge in [-0.25, -0.2) is 4.98 Å². The van der Waals surface area contributed by atoms with Crippen LogP contribution >= 0.6 is 11.3 Å². The van der Waals surface area contributed by atoms with Gasteiger partial charge in [-0.2, -0.15) is 0 Å². The van der Waals surface area contributed by atoms with Gasteiger partial charge in [0.05, 0.1) is 17.3 Å². The Morgan fingerprint density at radius 3 is 2.85 bits per heavy atom. The summed E-state index contributed by atoms with van der Waals surface area (Å²) in [6.45, 7) is 2.18. The Bertz CT molecular complexity index is 375. The van der Waals surface area contributed by atoms with Crippen molar-refractivity contribution in [2.75, 3.05) is 7.05 Å². The van der Waals surface area contributed by atoms with Crippen molar-refractivity contribution < 1.29 is 5.32 Å². The SMILES string of the molecule is C[NH2+][C@@H](C)c1nc2ccccc2s1. The summed E-state index contributed by atoms with van der Waals surface area (Å²) in [5.74, 6) is 0. The molecule has 2 rings (SSSR count). The van der Waals surface area contributed by atoms with E-state index in [1.165, 1.54) is 9.71 Å². The van der Waals surface area contributed by atoms with Crippen LogP contribution in [-0.4, -0.2) is 12.0 Å². The second kappa shape index (κ2) is 3.44. The monoisotopic (exact) mass is 193 g/mol. The molecule has 1 aromatic carbocycles. The topological polar surface area (TPSA) is 29.5 Å². The van der Waals surface area contributed by atoms with Crippen LogP contribution in [0.4, 0.5) is 0 Å². The second-order valence-electron chi connectivity index (χ2n) is 3.14. The van der Waals surface area contributed by atoms with E-state index in [-0.39, 0.29) is 0 Å². The zero-order valence-electron chi connectivity index (χ0n) is 7.82. The Morgan fingerprint density at radius 1 is 1.38 bits per heavy atom. The standard InChI is InChI=1S/C10H12N2S/c1-7(11-2)10-12-8-5-3-4-6-9(8)13-10/h3-7,11H,1-2H3/p+1/t7-/m0/s1. The predicted molar refractivity (Wildman–Crippen MR) is 55.9 cm³/mol. The fourth-order valence-corrected chi connectivity index (χ4v) is 2.28. The maximum atomic E-state index is 4.57. The van der Waals surface area contributed by atoms with Crippen molar-refractivity contribution in [3.63, 3.8) is 0 Å². The molecule has 0 aliphatic carbocycles. The number of hydrogen-bond acceptors (Lipinski definition) is 2. The van der Waals surface area contributed by atoms with E-state index >= 15 is 0 Å². The smallest absolute Gasteiger partial charge is 0.151 e. The zero-order valence-corrected chi connectivity index (χ0v) is 8.64. The third-order valence-corrected chi connectivity index (χ3v) is 3.44.